The van der Waals surface area contributed by atoms with Crippen molar-refractivity contribution in [3.63, 3.8) is 0 Å². The number of hydrogen-bond acceptors (Lipinski definition) is 4. The van der Waals surface area contributed by atoms with Gasteiger partial charge in [0.2, 0.25) is 5.91 Å². The number of thioether (sulfide) groups is 1. The molecular weight excluding hydrogens is 260 g/mol. The van der Waals surface area contributed by atoms with Crippen molar-refractivity contribution in [1.82, 2.24) is 5.32 Å². The number of nitrogens with two attached hydrogens (primary N) is 1. The molecule has 0 fully saturated rings. The van der Waals surface area contributed by atoms with Gasteiger partial charge in [-0.25, -0.2) is 0 Å². The van der Waals surface area contributed by atoms with Gasteiger partial charge < -0.3 is 16.2 Å². The summed E-state index contributed by atoms with van der Waals surface area (Å²) in [6.45, 7) is 3.89. The van der Waals surface area contributed by atoms with E-state index >= 15 is 0 Å². The van der Waals surface area contributed by atoms with Gasteiger partial charge in [0.05, 0.1) is 6.61 Å². The summed E-state index contributed by atoms with van der Waals surface area (Å²) in [5.74, 6) is -0.219. The lowest BCUT2D eigenvalue weighted by molar-refractivity contribution is -0.123. The van der Waals surface area contributed by atoms with Gasteiger partial charge in [-0.1, -0.05) is 29.8 Å². The van der Waals surface area contributed by atoms with Crippen molar-refractivity contribution in [2.45, 2.75) is 31.2 Å². The summed E-state index contributed by atoms with van der Waals surface area (Å²) in [5.41, 5.74) is 7.86. The maximum atomic E-state index is 12.0. The number of carbonyl (C=O) groups is 1. The third-order valence-corrected chi connectivity index (χ3v) is 4.29. The van der Waals surface area contributed by atoms with Crippen LogP contribution in [-0.4, -0.2) is 35.2 Å². The topological polar surface area (TPSA) is 75.3 Å². The van der Waals surface area contributed by atoms with Crippen molar-refractivity contribution in [2.24, 2.45) is 5.73 Å². The van der Waals surface area contributed by atoms with Crippen LogP contribution < -0.4 is 11.1 Å². The average molecular weight is 282 g/mol. The van der Waals surface area contributed by atoms with Gasteiger partial charge in [0, 0.05) is 11.3 Å². The van der Waals surface area contributed by atoms with E-state index in [9.17, 15) is 9.90 Å². The smallest absolute Gasteiger partial charge is 0.241 e. The second kappa shape index (κ2) is 7.53. The van der Waals surface area contributed by atoms with Crippen LogP contribution in [0.2, 0.25) is 0 Å². The number of aryl methyl sites for hydroxylation is 1. The Hall–Kier alpha value is -1.04. The minimum atomic E-state index is -0.677. The minimum Gasteiger partial charge on any atom is -0.395 e. The molecule has 0 spiro atoms. The predicted molar refractivity (Wildman–Crippen MR) is 80.1 cm³/mol. The zero-order valence-corrected chi connectivity index (χ0v) is 12.4. The van der Waals surface area contributed by atoms with E-state index in [0.717, 1.165) is 11.1 Å². The number of rotatable bonds is 6. The van der Waals surface area contributed by atoms with Gasteiger partial charge in [0.1, 0.15) is 6.04 Å². The Kier molecular flexibility index (Phi) is 6.34. The molecule has 4 N–H and O–H groups in total. The molecule has 0 aliphatic rings. The number of amides is 1. The summed E-state index contributed by atoms with van der Waals surface area (Å²) in [6, 6.07) is 6.80. The highest BCUT2D eigenvalue weighted by Gasteiger charge is 2.21. The van der Waals surface area contributed by atoms with E-state index in [-0.39, 0.29) is 23.8 Å². The molecule has 1 aromatic carbocycles. The minimum absolute atomic E-state index is 0.0193. The molecule has 3 atom stereocenters. The van der Waals surface area contributed by atoms with Crippen LogP contribution in [-0.2, 0) is 4.79 Å². The molecule has 0 aliphatic carbocycles. The van der Waals surface area contributed by atoms with Gasteiger partial charge in [0.15, 0.2) is 0 Å². The van der Waals surface area contributed by atoms with Crippen LogP contribution in [0.15, 0.2) is 24.3 Å². The first-order valence-corrected chi connectivity index (χ1v) is 7.54. The molecule has 4 nitrogen and oxygen atoms in total. The number of aliphatic hydroxyl groups is 1. The lowest BCUT2D eigenvalue weighted by Gasteiger charge is -2.23. The summed E-state index contributed by atoms with van der Waals surface area (Å²) in [7, 11) is 0. The van der Waals surface area contributed by atoms with Crippen molar-refractivity contribution in [3.05, 3.63) is 35.4 Å². The molecular formula is C14H22N2O2S. The summed E-state index contributed by atoms with van der Waals surface area (Å²) < 4.78 is 0. The number of hydrogen-bond donors (Lipinski definition) is 3. The van der Waals surface area contributed by atoms with Crippen LogP contribution in [0.3, 0.4) is 0 Å². The van der Waals surface area contributed by atoms with Crippen molar-refractivity contribution in [2.75, 3.05) is 12.9 Å². The monoisotopic (exact) mass is 282 g/mol. The van der Waals surface area contributed by atoms with Gasteiger partial charge in [-0.3, -0.25) is 4.79 Å². The summed E-state index contributed by atoms with van der Waals surface area (Å²) in [6.07, 6.45) is 1.91. The molecule has 0 saturated heterocycles. The zero-order valence-electron chi connectivity index (χ0n) is 11.6. The molecule has 5 heteroatoms. The van der Waals surface area contributed by atoms with Crippen LogP contribution in [0.1, 0.15) is 24.1 Å². The zero-order chi connectivity index (χ0) is 14.4. The van der Waals surface area contributed by atoms with E-state index in [4.69, 9.17) is 5.73 Å². The van der Waals surface area contributed by atoms with E-state index in [1.54, 1.807) is 0 Å². The van der Waals surface area contributed by atoms with E-state index < -0.39 is 6.04 Å². The second-order valence-electron chi connectivity index (χ2n) is 4.64. The number of benzene rings is 1. The fraction of sp³-hybridized carbons (Fsp3) is 0.500. The molecule has 0 aromatic heterocycles. The first-order chi connectivity index (χ1) is 8.99. The van der Waals surface area contributed by atoms with E-state index in [0.29, 0.717) is 0 Å². The Morgan fingerprint density at radius 2 is 2.00 bits per heavy atom. The lowest BCUT2D eigenvalue weighted by Crippen LogP contribution is -2.45. The van der Waals surface area contributed by atoms with Crippen LogP contribution in [0.25, 0.3) is 0 Å². The third-order valence-electron chi connectivity index (χ3n) is 3.13. The predicted octanol–water partition coefficient (Wildman–Crippen LogP) is 1.22. The van der Waals surface area contributed by atoms with Crippen LogP contribution >= 0.6 is 11.8 Å². The highest BCUT2D eigenvalue weighted by molar-refractivity contribution is 7.99. The molecule has 0 radical (unpaired) electrons. The number of nitrogens with one attached hydrogen (secondary N) is 1. The number of carbonyl (C=O) groups excluding carboxylic acids is 1. The molecule has 0 bridgehead atoms. The standard InChI is InChI=1S/C14H22N2O2S/c1-9-4-6-11(7-5-9)13(15)14(18)16-10(2)12(8-17)19-3/h4-7,10,12-13,17H,8,15H2,1-3H3,(H,16,18). The van der Waals surface area contributed by atoms with Crippen LogP contribution in [0.4, 0.5) is 0 Å². The molecule has 0 aliphatic heterocycles. The summed E-state index contributed by atoms with van der Waals surface area (Å²) >= 11 is 1.52. The highest BCUT2D eigenvalue weighted by Crippen LogP contribution is 2.14. The third kappa shape index (κ3) is 4.53. The quantitative estimate of drug-likeness (QED) is 0.733. The fourth-order valence-electron chi connectivity index (χ4n) is 1.77. The van der Waals surface area contributed by atoms with E-state index in [1.807, 2.05) is 44.4 Å². The Balaban J connectivity index is 2.64. The molecule has 0 heterocycles. The Labute approximate surface area is 118 Å². The van der Waals surface area contributed by atoms with Gasteiger partial charge in [-0.05, 0) is 25.7 Å². The Bertz CT molecular complexity index is 404. The van der Waals surface area contributed by atoms with Crippen molar-refractivity contribution in [3.8, 4) is 0 Å². The number of aliphatic hydroxyl groups excluding tert-OH is 1. The lowest BCUT2D eigenvalue weighted by atomic mass is 10.0. The average Bonchev–Trinajstić information content (AvgIpc) is 2.40. The maximum absolute atomic E-state index is 12.0. The van der Waals surface area contributed by atoms with Crippen LogP contribution in [0.5, 0.6) is 0 Å². The van der Waals surface area contributed by atoms with E-state index in [2.05, 4.69) is 5.32 Å². The van der Waals surface area contributed by atoms with Gasteiger partial charge in [-0.2, -0.15) is 11.8 Å². The van der Waals surface area contributed by atoms with Gasteiger partial charge in [-0.15, -0.1) is 0 Å². The largest absolute Gasteiger partial charge is 0.395 e. The maximum Gasteiger partial charge on any atom is 0.241 e. The van der Waals surface area contributed by atoms with Gasteiger partial charge in [0.25, 0.3) is 0 Å². The van der Waals surface area contributed by atoms with Crippen LogP contribution in [0, 0.1) is 6.92 Å². The Morgan fingerprint density at radius 3 is 2.47 bits per heavy atom. The van der Waals surface area contributed by atoms with E-state index in [1.165, 1.54) is 11.8 Å². The molecule has 3 unspecified atom stereocenters. The fourth-order valence-corrected chi connectivity index (χ4v) is 2.39. The van der Waals surface area contributed by atoms with Gasteiger partial charge >= 0.3 is 0 Å². The molecule has 19 heavy (non-hydrogen) atoms. The molecule has 1 aromatic rings. The van der Waals surface area contributed by atoms with Crippen molar-refractivity contribution >= 4 is 17.7 Å². The van der Waals surface area contributed by atoms with Crippen molar-refractivity contribution in [1.29, 1.82) is 0 Å². The first kappa shape index (κ1) is 16.0. The summed E-state index contributed by atoms with van der Waals surface area (Å²) in [4.78, 5) is 12.0. The normalized spacial score (nSPS) is 15.6. The SMILES string of the molecule is CSC(CO)C(C)NC(=O)C(N)c1ccc(C)cc1. The molecule has 1 amide bonds. The highest BCUT2D eigenvalue weighted by atomic mass is 32.2. The Morgan fingerprint density at radius 1 is 1.42 bits per heavy atom. The molecule has 1 rings (SSSR count). The first-order valence-electron chi connectivity index (χ1n) is 6.25. The summed E-state index contributed by atoms with van der Waals surface area (Å²) in [5, 5.41) is 12.0. The molecule has 0 saturated carbocycles. The molecule has 106 valence electrons. The van der Waals surface area contributed by atoms with Crippen molar-refractivity contribution < 1.29 is 9.90 Å². The second-order valence-corrected chi connectivity index (χ2v) is 5.72.